The fraction of sp³-hybridized carbons (Fsp3) is 0.261. The van der Waals surface area contributed by atoms with Crippen molar-refractivity contribution in [2.75, 3.05) is 6.61 Å². The molecule has 0 radical (unpaired) electrons. The van der Waals surface area contributed by atoms with Crippen molar-refractivity contribution in [3.05, 3.63) is 71.9 Å². The van der Waals surface area contributed by atoms with E-state index in [2.05, 4.69) is 16.4 Å². The Morgan fingerprint density at radius 1 is 1.07 bits per heavy atom. The molecule has 28 heavy (non-hydrogen) atoms. The van der Waals surface area contributed by atoms with Gasteiger partial charge in [0.05, 0.1) is 18.2 Å². The SMILES string of the molecule is N#CCCCCCOc1cccc(CNC(=O)c2ccc3ncccc3c2)c1. The van der Waals surface area contributed by atoms with Crippen LogP contribution in [0.25, 0.3) is 10.9 Å². The monoisotopic (exact) mass is 373 g/mol. The van der Waals surface area contributed by atoms with E-state index in [1.165, 1.54) is 0 Å². The number of hydrogen-bond donors (Lipinski definition) is 1. The van der Waals surface area contributed by atoms with E-state index in [1.54, 1.807) is 12.3 Å². The van der Waals surface area contributed by atoms with Crippen LogP contribution in [0.3, 0.4) is 0 Å². The first kappa shape index (κ1) is 19.4. The lowest BCUT2D eigenvalue weighted by Crippen LogP contribution is -2.22. The van der Waals surface area contributed by atoms with E-state index >= 15 is 0 Å². The highest BCUT2D eigenvalue weighted by molar-refractivity contribution is 5.97. The smallest absolute Gasteiger partial charge is 0.251 e. The highest BCUT2D eigenvalue weighted by atomic mass is 16.5. The third-order valence-electron chi connectivity index (χ3n) is 4.42. The minimum Gasteiger partial charge on any atom is -0.494 e. The van der Waals surface area contributed by atoms with Gasteiger partial charge in [-0.25, -0.2) is 0 Å². The second kappa shape index (κ2) is 10.1. The number of benzene rings is 2. The number of nitrogens with one attached hydrogen (secondary N) is 1. The number of amides is 1. The maximum absolute atomic E-state index is 12.5. The van der Waals surface area contributed by atoms with Crippen molar-refractivity contribution in [1.82, 2.24) is 10.3 Å². The molecule has 142 valence electrons. The number of pyridine rings is 1. The third-order valence-corrected chi connectivity index (χ3v) is 4.42. The van der Waals surface area contributed by atoms with Crippen molar-refractivity contribution in [3.8, 4) is 11.8 Å². The van der Waals surface area contributed by atoms with Gasteiger partial charge >= 0.3 is 0 Å². The molecule has 1 N–H and O–H groups in total. The van der Waals surface area contributed by atoms with E-state index in [1.807, 2.05) is 48.5 Å². The number of carbonyl (C=O) groups is 1. The number of carbonyl (C=O) groups excluding carboxylic acids is 1. The molecule has 3 aromatic rings. The third kappa shape index (κ3) is 5.55. The van der Waals surface area contributed by atoms with Crippen molar-refractivity contribution in [2.24, 2.45) is 0 Å². The summed E-state index contributed by atoms with van der Waals surface area (Å²) in [7, 11) is 0. The molecular formula is C23H23N3O2. The molecule has 3 rings (SSSR count). The van der Waals surface area contributed by atoms with E-state index in [0.717, 1.165) is 41.5 Å². The van der Waals surface area contributed by atoms with Crippen LogP contribution in [0.1, 0.15) is 41.6 Å². The Bertz CT molecular complexity index is 979. The number of ether oxygens (including phenoxy) is 1. The zero-order chi connectivity index (χ0) is 19.6. The summed E-state index contributed by atoms with van der Waals surface area (Å²) >= 11 is 0. The van der Waals surface area contributed by atoms with Crippen molar-refractivity contribution >= 4 is 16.8 Å². The predicted octanol–water partition coefficient (Wildman–Crippen LogP) is 4.63. The molecule has 1 aromatic heterocycles. The van der Waals surface area contributed by atoms with Gasteiger partial charge in [-0.05, 0) is 61.2 Å². The Hall–Kier alpha value is -3.39. The van der Waals surface area contributed by atoms with Crippen molar-refractivity contribution in [1.29, 1.82) is 5.26 Å². The standard InChI is InChI=1S/C23H23N3O2/c24-12-3-1-2-4-14-28-21-9-5-7-18(15-21)17-26-23(27)20-10-11-22-19(16-20)8-6-13-25-22/h5-11,13,15-16H,1-4,14,17H2,(H,26,27). The minimum atomic E-state index is -0.116. The highest BCUT2D eigenvalue weighted by Gasteiger charge is 2.07. The number of fused-ring (bicyclic) bond motifs is 1. The van der Waals surface area contributed by atoms with Crippen LogP contribution in [0.15, 0.2) is 60.8 Å². The maximum atomic E-state index is 12.5. The Labute approximate surface area is 165 Å². The molecule has 2 aromatic carbocycles. The van der Waals surface area contributed by atoms with Crippen molar-refractivity contribution < 1.29 is 9.53 Å². The van der Waals surface area contributed by atoms with Gasteiger partial charge in [-0.1, -0.05) is 18.2 Å². The fourth-order valence-corrected chi connectivity index (χ4v) is 2.92. The van der Waals surface area contributed by atoms with E-state index in [0.29, 0.717) is 25.1 Å². The number of nitriles is 1. The molecule has 0 saturated carbocycles. The first-order valence-corrected chi connectivity index (χ1v) is 9.48. The van der Waals surface area contributed by atoms with Crippen LogP contribution >= 0.6 is 0 Å². The molecule has 0 aliphatic heterocycles. The van der Waals surface area contributed by atoms with E-state index in [4.69, 9.17) is 10.00 Å². The summed E-state index contributed by atoms with van der Waals surface area (Å²) in [6, 6.07) is 19.2. The largest absolute Gasteiger partial charge is 0.494 e. The molecular weight excluding hydrogens is 350 g/mol. The molecule has 0 bridgehead atoms. The summed E-state index contributed by atoms with van der Waals surface area (Å²) < 4.78 is 5.76. The van der Waals surface area contributed by atoms with Gasteiger partial charge in [-0.15, -0.1) is 0 Å². The molecule has 1 heterocycles. The zero-order valence-electron chi connectivity index (χ0n) is 15.7. The van der Waals surface area contributed by atoms with Gasteiger partial charge in [-0.2, -0.15) is 5.26 Å². The second-order valence-electron chi connectivity index (χ2n) is 6.56. The van der Waals surface area contributed by atoms with Gasteiger partial charge in [-0.3, -0.25) is 9.78 Å². The van der Waals surface area contributed by atoms with Gasteiger partial charge in [0.15, 0.2) is 0 Å². The lowest BCUT2D eigenvalue weighted by molar-refractivity contribution is 0.0951. The Morgan fingerprint density at radius 3 is 2.89 bits per heavy atom. The Kier molecular flexibility index (Phi) is 6.97. The van der Waals surface area contributed by atoms with Crippen LogP contribution in [0.2, 0.25) is 0 Å². The average molecular weight is 373 g/mol. The first-order chi connectivity index (χ1) is 13.8. The first-order valence-electron chi connectivity index (χ1n) is 9.48. The van der Waals surface area contributed by atoms with Crippen molar-refractivity contribution in [2.45, 2.75) is 32.2 Å². The van der Waals surface area contributed by atoms with E-state index in [9.17, 15) is 4.79 Å². The number of rotatable bonds is 9. The average Bonchev–Trinajstić information content (AvgIpc) is 2.74. The summed E-state index contributed by atoms with van der Waals surface area (Å²) in [5, 5.41) is 12.4. The van der Waals surface area contributed by atoms with E-state index in [-0.39, 0.29) is 5.91 Å². The summed E-state index contributed by atoms with van der Waals surface area (Å²) in [5.74, 6) is 0.679. The molecule has 0 spiro atoms. The summed E-state index contributed by atoms with van der Waals surface area (Å²) in [6.45, 7) is 1.07. The Morgan fingerprint density at radius 2 is 2.00 bits per heavy atom. The number of hydrogen-bond acceptors (Lipinski definition) is 4. The second-order valence-corrected chi connectivity index (χ2v) is 6.56. The maximum Gasteiger partial charge on any atom is 0.251 e. The number of aromatic nitrogens is 1. The van der Waals surface area contributed by atoms with Crippen LogP contribution in [-0.4, -0.2) is 17.5 Å². The highest BCUT2D eigenvalue weighted by Crippen LogP contribution is 2.16. The quantitative estimate of drug-likeness (QED) is 0.555. The van der Waals surface area contributed by atoms with Crippen LogP contribution in [-0.2, 0) is 6.54 Å². The predicted molar refractivity (Wildman–Crippen MR) is 109 cm³/mol. The molecule has 1 amide bonds. The molecule has 0 fully saturated rings. The van der Waals surface area contributed by atoms with Crippen LogP contribution in [0.4, 0.5) is 0 Å². The lowest BCUT2D eigenvalue weighted by atomic mass is 10.1. The van der Waals surface area contributed by atoms with Crippen LogP contribution in [0, 0.1) is 11.3 Å². The number of unbranched alkanes of at least 4 members (excludes halogenated alkanes) is 3. The number of nitrogens with zero attached hydrogens (tertiary/aromatic N) is 2. The molecule has 0 aliphatic carbocycles. The molecule has 5 heteroatoms. The fourth-order valence-electron chi connectivity index (χ4n) is 2.92. The minimum absolute atomic E-state index is 0.116. The van der Waals surface area contributed by atoms with Gasteiger partial charge in [0, 0.05) is 30.1 Å². The van der Waals surface area contributed by atoms with Gasteiger partial charge in [0.1, 0.15) is 5.75 Å². The summed E-state index contributed by atoms with van der Waals surface area (Å²) in [4.78, 5) is 16.7. The van der Waals surface area contributed by atoms with Crippen molar-refractivity contribution in [3.63, 3.8) is 0 Å². The normalized spacial score (nSPS) is 10.4. The van der Waals surface area contributed by atoms with Gasteiger partial charge in [0.2, 0.25) is 0 Å². The molecule has 5 nitrogen and oxygen atoms in total. The Balaban J connectivity index is 1.51. The topological polar surface area (TPSA) is 75.0 Å². The van der Waals surface area contributed by atoms with Crippen LogP contribution in [0.5, 0.6) is 5.75 Å². The molecule has 0 saturated heterocycles. The zero-order valence-corrected chi connectivity index (χ0v) is 15.7. The summed E-state index contributed by atoms with van der Waals surface area (Å²) in [5.41, 5.74) is 2.47. The summed E-state index contributed by atoms with van der Waals surface area (Å²) in [6.07, 6.45) is 5.17. The lowest BCUT2D eigenvalue weighted by Gasteiger charge is -2.09. The molecule has 0 unspecified atom stereocenters. The van der Waals surface area contributed by atoms with Gasteiger partial charge in [0.25, 0.3) is 5.91 Å². The van der Waals surface area contributed by atoms with Crippen LogP contribution < -0.4 is 10.1 Å². The van der Waals surface area contributed by atoms with Gasteiger partial charge < -0.3 is 10.1 Å². The molecule has 0 aliphatic rings. The van der Waals surface area contributed by atoms with E-state index < -0.39 is 0 Å². The molecule has 0 atom stereocenters.